The van der Waals surface area contributed by atoms with Gasteiger partial charge in [-0.2, -0.15) is 5.26 Å². The molecule has 2 atom stereocenters. The first-order valence-electron chi connectivity index (χ1n) is 12.1. The highest BCUT2D eigenvalue weighted by Gasteiger charge is 2.22. The largest absolute Gasteiger partial charge is 0.444 e. The maximum atomic E-state index is 12.5. The Bertz CT molecular complexity index is 550. The molecule has 0 aromatic carbocycles. The Morgan fingerprint density at radius 2 is 1.97 bits per heavy atom. The van der Waals surface area contributed by atoms with Crippen molar-refractivity contribution >= 4 is 6.09 Å². The van der Waals surface area contributed by atoms with Crippen molar-refractivity contribution in [2.75, 3.05) is 39.5 Å². The smallest absolute Gasteiger partial charge is 0.410 e. The molecule has 0 N–H and O–H groups in total. The Morgan fingerprint density at radius 1 is 1.22 bits per heavy atom. The normalized spacial score (nSPS) is 17.4. The van der Waals surface area contributed by atoms with Crippen molar-refractivity contribution < 1.29 is 23.7 Å². The van der Waals surface area contributed by atoms with Crippen LogP contribution in [0, 0.1) is 17.2 Å². The number of ether oxygens (including phenoxy) is 4. The van der Waals surface area contributed by atoms with Gasteiger partial charge in [-0.05, 0) is 78.6 Å². The number of amides is 1. The van der Waals surface area contributed by atoms with Crippen LogP contribution in [0.4, 0.5) is 4.79 Å². The van der Waals surface area contributed by atoms with E-state index in [0.29, 0.717) is 39.3 Å². The fourth-order valence-corrected chi connectivity index (χ4v) is 3.35. The van der Waals surface area contributed by atoms with Crippen LogP contribution in [0.3, 0.4) is 0 Å². The summed E-state index contributed by atoms with van der Waals surface area (Å²) in [7, 11) is 0. The van der Waals surface area contributed by atoms with Gasteiger partial charge < -0.3 is 23.8 Å². The number of allylic oxidation sites excluding steroid dienone is 1. The van der Waals surface area contributed by atoms with E-state index < -0.39 is 5.60 Å². The number of unbranched alkanes of at least 4 members (excludes halogenated alkanes) is 2. The Balaban J connectivity index is 2.19. The topological polar surface area (TPSA) is 81.0 Å². The summed E-state index contributed by atoms with van der Waals surface area (Å²) >= 11 is 0. The average Bonchev–Trinajstić information content (AvgIpc) is 2.75. The van der Waals surface area contributed by atoms with Crippen LogP contribution >= 0.6 is 0 Å². The van der Waals surface area contributed by atoms with Gasteiger partial charge in [-0.25, -0.2) is 4.79 Å². The van der Waals surface area contributed by atoms with Crippen molar-refractivity contribution in [3.63, 3.8) is 0 Å². The molecule has 0 saturated carbocycles. The Labute approximate surface area is 195 Å². The predicted octanol–water partition coefficient (Wildman–Crippen LogP) is 5.45. The molecule has 0 spiro atoms. The van der Waals surface area contributed by atoms with Crippen LogP contribution in [-0.2, 0) is 18.9 Å². The highest BCUT2D eigenvalue weighted by molar-refractivity contribution is 5.68. The third-order valence-corrected chi connectivity index (χ3v) is 5.09. The van der Waals surface area contributed by atoms with Crippen LogP contribution in [0.2, 0.25) is 0 Å². The molecule has 1 aliphatic rings. The minimum Gasteiger partial charge on any atom is -0.444 e. The minimum absolute atomic E-state index is 0.0374. The van der Waals surface area contributed by atoms with Gasteiger partial charge in [0.15, 0.2) is 6.29 Å². The molecule has 0 bridgehead atoms. The zero-order valence-corrected chi connectivity index (χ0v) is 20.5. The molecule has 0 aliphatic carbocycles. The van der Waals surface area contributed by atoms with Gasteiger partial charge >= 0.3 is 6.09 Å². The summed E-state index contributed by atoms with van der Waals surface area (Å²) in [5, 5.41) is 9.43. The lowest BCUT2D eigenvalue weighted by Gasteiger charge is -2.27. The second kappa shape index (κ2) is 16.9. The first-order chi connectivity index (χ1) is 15.4. The highest BCUT2D eigenvalue weighted by Crippen LogP contribution is 2.15. The molecule has 1 aliphatic heterocycles. The maximum absolute atomic E-state index is 12.5. The Morgan fingerprint density at radius 3 is 2.62 bits per heavy atom. The minimum atomic E-state index is -0.523. The van der Waals surface area contributed by atoms with E-state index in [-0.39, 0.29) is 18.3 Å². The Hall–Kier alpha value is -1.62. The van der Waals surface area contributed by atoms with E-state index in [4.69, 9.17) is 18.9 Å². The van der Waals surface area contributed by atoms with Crippen molar-refractivity contribution in [1.82, 2.24) is 4.90 Å². The summed E-state index contributed by atoms with van der Waals surface area (Å²) in [4.78, 5) is 14.2. The van der Waals surface area contributed by atoms with E-state index in [1.807, 2.05) is 26.8 Å². The summed E-state index contributed by atoms with van der Waals surface area (Å²) in [5.41, 5.74) is -0.523. The van der Waals surface area contributed by atoms with Crippen molar-refractivity contribution in [2.24, 2.45) is 5.92 Å². The SMILES string of the molecule is C=CCCCN(CCCC(C#N)COCCCCOC1CCCCO1)C(=O)OC(C)(C)C. The summed E-state index contributed by atoms with van der Waals surface area (Å²) in [6, 6.07) is 2.33. The van der Waals surface area contributed by atoms with Gasteiger partial charge in [0.2, 0.25) is 0 Å². The number of nitrogens with zero attached hydrogens (tertiary/aromatic N) is 2. The second-order valence-electron chi connectivity index (χ2n) is 9.32. The van der Waals surface area contributed by atoms with Crippen LogP contribution in [-0.4, -0.2) is 62.4 Å². The average molecular weight is 453 g/mol. The number of hydrogen-bond donors (Lipinski definition) is 0. The van der Waals surface area contributed by atoms with Crippen molar-refractivity contribution in [3.8, 4) is 6.07 Å². The van der Waals surface area contributed by atoms with Crippen molar-refractivity contribution in [3.05, 3.63) is 12.7 Å². The van der Waals surface area contributed by atoms with Crippen LogP contribution < -0.4 is 0 Å². The van der Waals surface area contributed by atoms with Gasteiger partial charge in [0.05, 0.1) is 18.6 Å². The molecule has 0 aromatic heterocycles. The monoisotopic (exact) mass is 452 g/mol. The van der Waals surface area contributed by atoms with Gasteiger partial charge in [0, 0.05) is 32.9 Å². The van der Waals surface area contributed by atoms with Crippen LogP contribution in [0.25, 0.3) is 0 Å². The lowest BCUT2D eigenvalue weighted by Crippen LogP contribution is -2.38. The molecule has 32 heavy (non-hydrogen) atoms. The van der Waals surface area contributed by atoms with Gasteiger partial charge in [-0.3, -0.25) is 0 Å². The van der Waals surface area contributed by atoms with E-state index in [1.165, 1.54) is 6.42 Å². The molecular weight excluding hydrogens is 408 g/mol. The van der Waals surface area contributed by atoms with E-state index >= 15 is 0 Å². The quantitative estimate of drug-likeness (QED) is 0.229. The summed E-state index contributed by atoms with van der Waals surface area (Å²) < 4.78 is 22.5. The standard InChI is InChI=1S/C25H44N2O5/c1-5-6-8-15-27(24(28)32-25(2,3)4)16-12-13-22(20-26)21-29-17-10-11-19-31-23-14-7-9-18-30-23/h5,22-23H,1,6-19,21H2,2-4H3. The summed E-state index contributed by atoms with van der Waals surface area (Å²) in [5.74, 6) is -0.171. The summed E-state index contributed by atoms with van der Waals surface area (Å²) in [6.07, 6.45) is 9.77. The Kier molecular flexibility index (Phi) is 15.0. The van der Waals surface area contributed by atoms with E-state index in [0.717, 1.165) is 51.6 Å². The number of carbonyl (C=O) groups is 1. The fourth-order valence-electron chi connectivity index (χ4n) is 3.35. The molecule has 1 saturated heterocycles. The maximum Gasteiger partial charge on any atom is 0.410 e. The van der Waals surface area contributed by atoms with Gasteiger partial charge in [-0.1, -0.05) is 6.08 Å². The van der Waals surface area contributed by atoms with Crippen LogP contribution in [0.1, 0.15) is 78.6 Å². The van der Waals surface area contributed by atoms with Gasteiger partial charge in [0.25, 0.3) is 0 Å². The van der Waals surface area contributed by atoms with E-state index in [9.17, 15) is 10.1 Å². The van der Waals surface area contributed by atoms with Gasteiger partial charge in [0.1, 0.15) is 5.60 Å². The number of hydrogen-bond acceptors (Lipinski definition) is 6. The number of nitriles is 1. The second-order valence-corrected chi connectivity index (χ2v) is 9.32. The molecule has 1 fully saturated rings. The lowest BCUT2D eigenvalue weighted by atomic mass is 10.1. The zero-order chi connectivity index (χ0) is 23.7. The van der Waals surface area contributed by atoms with Crippen molar-refractivity contribution in [2.45, 2.75) is 90.4 Å². The first-order valence-corrected chi connectivity index (χ1v) is 12.1. The van der Waals surface area contributed by atoms with Gasteiger partial charge in [-0.15, -0.1) is 6.58 Å². The molecular formula is C25H44N2O5. The van der Waals surface area contributed by atoms with Crippen molar-refractivity contribution in [1.29, 1.82) is 5.26 Å². The highest BCUT2D eigenvalue weighted by atomic mass is 16.7. The molecule has 7 heteroatoms. The third-order valence-electron chi connectivity index (χ3n) is 5.09. The fraction of sp³-hybridized carbons (Fsp3) is 0.840. The third kappa shape index (κ3) is 14.4. The number of rotatable bonds is 16. The zero-order valence-electron chi connectivity index (χ0n) is 20.5. The van der Waals surface area contributed by atoms with Crippen LogP contribution in [0.5, 0.6) is 0 Å². The molecule has 0 radical (unpaired) electrons. The first kappa shape index (κ1) is 28.4. The van der Waals surface area contributed by atoms with Crippen LogP contribution in [0.15, 0.2) is 12.7 Å². The molecule has 184 valence electrons. The molecule has 1 heterocycles. The summed E-state index contributed by atoms with van der Waals surface area (Å²) in [6.45, 7) is 13.1. The van der Waals surface area contributed by atoms with E-state index in [1.54, 1.807) is 4.90 Å². The molecule has 0 aromatic rings. The molecule has 2 unspecified atom stereocenters. The lowest BCUT2D eigenvalue weighted by molar-refractivity contribution is -0.163. The molecule has 1 amide bonds. The molecule has 1 rings (SSSR count). The van der Waals surface area contributed by atoms with E-state index in [2.05, 4.69) is 12.6 Å². The number of carbonyl (C=O) groups excluding carboxylic acids is 1. The predicted molar refractivity (Wildman–Crippen MR) is 125 cm³/mol. The molecule has 7 nitrogen and oxygen atoms in total.